The third-order valence-corrected chi connectivity index (χ3v) is 4.84. The van der Waals surface area contributed by atoms with Gasteiger partial charge in [0.15, 0.2) is 0 Å². The first-order valence-corrected chi connectivity index (χ1v) is 8.77. The van der Waals surface area contributed by atoms with Crippen LogP contribution in [0.25, 0.3) is 0 Å². The zero-order valence-electron chi connectivity index (χ0n) is 14.7. The van der Waals surface area contributed by atoms with Crippen LogP contribution in [0.5, 0.6) is 5.75 Å². The van der Waals surface area contributed by atoms with Gasteiger partial charge in [0.25, 0.3) is 0 Å². The second-order valence-electron chi connectivity index (χ2n) is 6.61. The van der Waals surface area contributed by atoms with Crippen molar-refractivity contribution < 1.29 is 14.3 Å². The summed E-state index contributed by atoms with van der Waals surface area (Å²) in [5.74, 6) is 0.873. The monoisotopic (exact) mass is 339 g/mol. The molecule has 3 rings (SSSR count). The Morgan fingerprint density at radius 3 is 2.36 bits per heavy atom. The van der Waals surface area contributed by atoms with Crippen LogP contribution in [-0.4, -0.2) is 18.6 Å². The Bertz CT molecular complexity index is 673. The van der Waals surface area contributed by atoms with Crippen LogP contribution < -0.4 is 10.1 Å². The molecule has 2 aromatic carbocycles. The van der Waals surface area contributed by atoms with Crippen LogP contribution in [0.3, 0.4) is 0 Å². The number of nitrogens with one attached hydrogen (secondary N) is 1. The SMILES string of the molecule is COC1(CC(=O)NCc2ccc(OCc3ccccc3)cc2)CCC1. The van der Waals surface area contributed by atoms with E-state index in [1.807, 2.05) is 54.6 Å². The number of hydrogen-bond donors (Lipinski definition) is 1. The van der Waals surface area contributed by atoms with Crippen molar-refractivity contribution in [3.05, 3.63) is 65.7 Å². The predicted octanol–water partition coefficient (Wildman–Crippen LogP) is 3.84. The third-order valence-electron chi connectivity index (χ3n) is 4.84. The van der Waals surface area contributed by atoms with E-state index in [0.29, 0.717) is 19.6 Å². The second-order valence-corrected chi connectivity index (χ2v) is 6.61. The number of ether oxygens (including phenoxy) is 2. The van der Waals surface area contributed by atoms with Crippen molar-refractivity contribution in [2.75, 3.05) is 7.11 Å². The number of carbonyl (C=O) groups excluding carboxylic acids is 1. The highest BCUT2D eigenvalue weighted by Gasteiger charge is 2.38. The molecule has 0 atom stereocenters. The van der Waals surface area contributed by atoms with Crippen LogP contribution in [0.15, 0.2) is 54.6 Å². The summed E-state index contributed by atoms with van der Waals surface area (Å²) in [6.45, 7) is 1.08. The Balaban J connectivity index is 1.43. The van der Waals surface area contributed by atoms with Gasteiger partial charge in [-0.2, -0.15) is 0 Å². The molecule has 0 radical (unpaired) electrons. The first-order valence-electron chi connectivity index (χ1n) is 8.77. The van der Waals surface area contributed by atoms with Gasteiger partial charge in [0.2, 0.25) is 5.91 Å². The second kappa shape index (κ2) is 8.17. The molecule has 0 saturated heterocycles. The van der Waals surface area contributed by atoms with Gasteiger partial charge >= 0.3 is 0 Å². The molecule has 0 aliphatic heterocycles. The lowest BCUT2D eigenvalue weighted by Crippen LogP contribution is -2.43. The van der Waals surface area contributed by atoms with Gasteiger partial charge in [-0.15, -0.1) is 0 Å². The van der Waals surface area contributed by atoms with Gasteiger partial charge in [0.1, 0.15) is 12.4 Å². The van der Waals surface area contributed by atoms with Gasteiger partial charge in [0, 0.05) is 13.7 Å². The number of carbonyl (C=O) groups is 1. The summed E-state index contributed by atoms with van der Waals surface area (Å²) in [6, 6.07) is 17.9. The fraction of sp³-hybridized carbons (Fsp3) is 0.381. The van der Waals surface area contributed by atoms with Gasteiger partial charge in [0.05, 0.1) is 12.0 Å². The molecule has 4 nitrogen and oxygen atoms in total. The van der Waals surface area contributed by atoms with Gasteiger partial charge in [-0.25, -0.2) is 0 Å². The van der Waals surface area contributed by atoms with Crippen molar-refractivity contribution in [2.45, 2.75) is 44.4 Å². The standard InChI is InChI=1S/C21H25NO3/c1-24-21(12-5-13-21)14-20(23)22-15-17-8-10-19(11-9-17)25-16-18-6-3-2-4-7-18/h2-4,6-11H,5,12-16H2,1H3,(H,22,23). The lowest BCUT2D eigenvalue weighted by atomic mass is 9.77. The van der Waals surface area contributed by atoms with E-state index in [-0.39, 0.29) is 11.5 Å². The minimum atomic E-state index is -0.223. The molecule has 1 saturated carbocycles. The van der Waals surface area contributed by atoms with Crippen molar-refractivity contribution in [3.8, 4) is 5.75 Å². The maximum Gasteiger partial charge on any atom is 0.223 e. The van der Waals surface area contributed by atoms with Crippen LogP contribution in [0.2, 0.25) is 0 Å². The zero-order valence-corrected chi connectivity index (χ0v) is 14.7. The topological polar surface area (TPSA) is 47.6 Å². The summed E-state index contributed by atoms with van der Waals surface area (Å²) >= 11 is 0. The van der Waals surface area contributed by atoms with Crippen LogP contribution in [0.1, 0.15) is 36.8 Å². The van der Waals surface area contributed by atoms with E-state index >= 15 is 0 Å². The Morgan fingerprint density at radius 2 is 1.76 bits per heavy atom. The highest BCUT2D eigenvalue weighted by atomic mass is 16.5. The first kappa shape index (κ1) is 17.5. The number of benzene rings is 2. The number of rotatable bonds is 8. The molecular weight excluding hydrogens is 314 g/mol. The normalized spacial score (nSPS) is 15.2. The van der Waals surface area contributed by atoms with Gasteiger partial charge in [-0.1, -0.05) is 42.5 Å². The molecule has 2 aromatic rings. The average Bonchev–Trinajstić information content (AvgIpc) is 2.63. The maximum absolute atomic E-state index is 12.1. The molecule has 1 amide bonds. The molecular formula is C21H25NO3. The molecule has 0 unspecified atom stereocenters. The molecule has 0 spiro atoms. The molecule has 1 aliphatic carbocycles. The van der Waals surface area contributed by atoms with Crippen LogP contribution in [0.4, 0.5) is 0 Å². The number of methoxy groups -OCH3 is 1. The van der Waals surface area contributed by atoms with E-state index < -0.39 is 0 Å². The summed E-state index contributed by atoms with van der Waals surface area (Å²) in [5, 5.41) is 2.97. The lowest BCUT2D eigenvalue weighted by Gasteiger charge is -2.39. The van der Waals surface area contributed by atoms with Crippen molar-refractivity contribution in [1.82, 2.24) is 5.32 Å². The van der Waals surface area contributed by atoms with Crippen molar-refractivity contribution >= 4 is 5.91 Å². The first-order chi connectivity index (χ1) is 12.2. The van der Waals surface area contributed by atoms with E-state index in [1.54, 1.807) is 7.11 Å². The fourth-order valence-electron chi connectivity index (χ4n) is 3.02. The van der Waals surface area contributed by atoms with Crippen LogP contribution in [0, 0.1) is 0 Å². The van der Waals surface area contributed by atoms with Crippen LogP contribution in [-0.2, 0) is 22.7 Å². The van der Waals surface area contributed by atoms with E-state index in [0.717, 1.165) is 36.1 Å². The summed E-state index contributed by atoms with van der Waals surface area (Å²) in [7, 11) is 1.70. The van der Waals surface area contributed by atoms with E-state index in [9.17, 15) is 4.79 Å². The Labute approximate surface area is 149 Å². The maximum atomic E-state index is 12.1. The fourth-order valence-corrected chi connectivity index (χ4v) is 3.02. The van der Waals surface area contributed by atoms with Crippen molar-refractivity contribution in [1.29, 1.82) is 0 Å². The molecule has 1 aliphatic rings. The van der Waals surface area contributed by atoms with Crippen molar-refractivity contribution in [2.24, 2.45) is 0 Å². The molecule has 132 valence electrons. The van der Waals surface area contributed by atoms with Crippen LogP contribution >= 0.6 is 0 Å². The smallest absolute Gasteiger partial charge is 0.223 e. The molecule has 0 heterocycles. The van der Waals surface area contributed by atoms with Crippen molar-refractivity contribution in [3.63, 3.8) is 0 Å². The molecule has 1 N–H and O–H groups in total. The summed E-state index contributed by atoms with van der Waals surface area (Å²) in [6.07, 6.45) is 3.54. The van der Waals surface area contributed by atoms with E-state index in [2.05, 4.69) is 5.32 Å². The molecule has 25 heavy (non-hydrogen) atoms. The minimum absolute atomic E-state index is 0.0472. The molecule has 0 aromatic heterocycles. The Morgan fingerprint density at radius 1 is 1.04 bits per heavy atom. The highest BCUT2D eigenvalue weighted by molar-refractivity contribution is 5.77. The van der Waals surface area contributed by atoms with Gasteiger partial charge < -0.3 is 14.8 Å². The largest absolute Gasteiger partial charge is 0.489 e. The zero-order chi connectivity index (χ0) is 17.5. The van der Waals surface area contributed by atoms with E-state index in [1.165, 1.54) is 0 Å². The summed E-state index contributed by atoms with van der Waals surface area (Å²) < 4.78 is 11.3. The summed E-state index contributed by atoms with van der Waals surface area (Å²) in [4.78, 5) is 12.1. The lowest BCUT2D eigenvalue weighted by molar-refractivity contribution is -0.134. The molecule has 0 bridgehead atoms. The average molecular weight is 339 g/mol. The summed E-state index contributed by atoms with van der Waals surface area (Å²) in [5.41, 5.74) is 1.97. The molecule has 4 heteroatoms. The Hall–Kier alpha value is -2.33. The van der Waals surface area contributed by atoms with Gasteiger partial charge in [-0.3, -0.25) is 4.79 Å². The third kappa shape index (κ3) is 4.83. The highest BCUT2D eigenvalue weighted by Crippen LogP contribution is 2.37. The molecule has 1 fully saturated rings. The Kier molecular flexibility index (Phi) is 5.71. The number of hydrogen-bond acceptors (Lipinski definition) is 3. The minimum Gasteiger partial charge on any atom is -0.489 e. The van der Waals surface area contributed by atoms with E-state index in [4.69, 9.17) is 9.47 Å². The predicted molar refractivity (Wildman–Crippen MR) is 97.3 cm³/mol. The van der Waals surface area contributed by atoms with Gasteiger partial charge in [-0.05, 0) is 42.5 Å². The quantitative estimate of drug-likeness (QED) is 0.795. The number of amides is 1.